The fourth-order valence-electron chi connectivity index (χ4n) is 3.63. The molecule has 25 heavy (non-hydrogen) atoms. The molecule has 3 heterocycles. The second-order valence-corrected chi connectivity index (χ2v) is 6.72. The maximum absolute atomic E-state index is 12.7. The molecule has 0 aromatic carbocycles. The molecule has 1 fully saturated rings. The molecule has 0 bridgehead atoms. The lowest BCUT2D eigenvalue weighted by Crippen LogP contribution is -2.30. The lowest BCUT2D eigenvalue weighted by Gasteiger charge is -2.25. The van der Waals surface area contributed by atoms with Crippen LogP contribution in [-0.4, -0.2) is 39.2 Å². The highest BCUT2D eigenvalue weighted by molar-refractivity contribution is 5.77. The number of pyridine rings is 1. The molecule has 0 aliphatic carbocycles. The van der Waals surface area contributed by atoms with Crippen LogP contribution in [0.1, 0.15) is 48.7 Å². The van der Waals surface area contributed by atoms with E-state index in [1.54, 1.807) is 0 Å². The maximum Gasteiger partial charge on any atom is 0.223 e. The Kier molecular flexibility index (Phi) is 5.36. The normalized spacial score (nSPS) is 17.1. The van der Waals surface area contributed by atoms with Gasteiger partial charge in [0.25, 0.3) is 0 Å². The van der Waals surface area contributed by atoms with Gasteiger partial charge in [-0.05, 0) is 56.9 Å². The summed E-state index contributed by atoms with van der Waals surface area (Å²) in [4.78, 5) is 19.0. The summed E-state index contributed by atoms with van der Waals surface area (Å²) >= 11 is 0. The lowest BCUT2D eigenvalue weighted by atomic mass is 10.1. The number of carbonyl (C=O) groups is 1. The van der Waals surface area contributed by atoms with Crippen molar-refractivity contribution in [1.29, 1.82) is 0 Å². The summed E-state index contributed by atoms with van der Waals surface area (Å²) in [5.41, 5.74) is 3.35. The van der Waals surface area contributed by atoms with Gasteiger partial charge in [-0.1, -0.05) is 0 Å². The second-order valence-electron chi connectivity index (χ2n) is 6.72. The van der Waals surface area contributed by atoms with Crippen molar-refractivity contribution >= 4 is 11.7 Å². The fraction of sp³-hybridized carbons (Fsp3) is 0.526. The first-order valence-corrected chi connectivity index (χ1v) is 9.02. The molecular weight excluding hydrogens is 314 g/mol. The first kappa shape index (κ1) is 17.5. The molecular formula is C19H27N5O. The Morgan fingerprint density at radius 1 is 1.36 bits per heavy atom. The fourth-order valence-corrected chi connectivity index (χ4v) is 3.63. The number of nitrogens with one attached hydrogen (secondary N) is 1. The van der Waals surface area contributed by atoms with Crippen LogP contribution in [0.2, 0.25) is 0 Å². The third kappa shape index (κ3) is 4.00. The molecule has 1 aliphatic rings. The van der Waals surface area contributed by atoms with Crippen molar-refractivity contribution in [1.82, 2.24) is 19.7 Å². The van der Waals surface area contributed by atoms with E-state index in [-0.39, 0.29) is 11.9 Å². The van der Waals surface area contributed by atoms with Gasteiger partial charge < -0.3 is 10.2 Å². The van der Waals surface area contributed by atoms with E-state index in [2.05, 4.69) is 28.4 Å². The molecule has 1 N–H and O–H groups in total. The molecule has 0 saturated carbocycles. The molecule has 134 valence electrons. The van der Waals surface area contributed by atoms with Crippen LogP contribution >= 0.6 is 0 Å². The summed E-state index contributed by atoms with van der Waals surface area (Å²) in [7, 11) is 1.86. The summed E-state index contributed by atoms with van der Waals surface area (Å²) < 4.78 is 1.99. The molecule has 1 aliphatic heterocycles. The lowest BCUT2D eigenvalue weighted by molar-refractivity contribution is -0.132. The van der Waals surface area contributed by atoms with Gasteiger partial charge >= 0.3 is 0 Å². The second kappa shape index (κ2) is 7.68. The number of anilines is 1. The van der Waals surface area contributed by atoms with Gasteiger partial charge in [0.1, 0.15) is 5.82 Å². The predicted octanol–water partition coefficient (Wildman–Crippen LogP) is 3.08. The van der Waals surface area contributed by atoms with Crippen LogP contribution < -0.4 is 5.32 Å². The van der Waals surface area contributed by atoms with Crippen LogP contribution in [0.4, 0.5) is 5.82 Å². The third-order valence-electron chi connectivity index (χ3n) is 4.86. The number of hydrogen-bond donors (Lipinski definition) is 1. The Labute approximate surface area is 149 Å². The summed E-state index contributed by atoms with van der Waals surface area (Å²) in [6.45, 7) is 5.70. The number of amides is 1. The number of aromatic nitrogens is 3. The molecule has 0 unspecified atom stereocenters. The van der Waals surface area contributed by atoms with E-state index in [0.29, 0.717) is 6.42 Å². The highest BCUT2D eigenvalue weighted by atomic mass is 16.2. The number of nitrogens with zero attached hydrogens (tertiary/aromatic N) is 4. The highest BCUT2D eigenvalue weighted by Crippen LogP contribution is 2.33. The minimum Gasteiger partial charge on any atom is -0.373 e. The topological polar surface area (TPSA) is 63.1 Å². The molecule has 0 spiro atoms. The van der Waals surface area contributed by atoms with Crippen molar-refractivity contribution < 1.29 is 4.79 Å². The molecule has 6 nitrogen and oxygen atoms in total. The Morgan fingerprint density at radius 2 is 2.20 bits per heavy atom. The van der Waals surface area contributed by atoms with Crippen LogP contribution in [0.15, 0.2) is 24.4 Å². The molecule has 6 heteroatoms. The molecule has 1 atom stereocenters. The van der Waals surface area contributed by atoms with E-state index < -0.39 is 0 Å². The van der Waals surface area contributed by atoms with E-state index in [0.717, 1.165) is 49.6 Å². The molecule has 2 aromatic rings. The van der Waals surface area contributed by atoms with Crippen LogP contribution in [0, 0.1) is 13.8 Å². The monoisotopic (exact) mass is 341 g/mol. The molecule has 1 saturated heterocycles. The smallest absolute Gasteiger partial charge is 0.223 e. The van der Waals surface area contributed by atoms with Crippen LogP contribution in [0.3, 0.4) is 0 Å². The zero-order chi connectivity index (χ0) is 17.8. The quantitative estimate of drug-likeness (QED) is 0.877. The number of aryl methyl sites for hydroxylation is 3. The first-order valence-electron chi connectivity index (χ1n) is 9.02. The number of hydrogen-bond acceptors (Lipinski definition) is 4. The van der Waals surface area contributed by atoms with Gasteiger partial charge in [0.2, 0.25) is 5.91 Å². The zero-order valence-corrected chi connectivity index (χ0v) is 15.3. The van der Waals surface area contributed by atoms with Gasteiger partial charge in [-0.15, -0.1) is 0 Å². The number of carbonyl (C=O) groups excluding carboxylic acids is 1. The largest absolute Gasteiger partial charge is 0.373 e. The zero-order valence-electron chi connectivity index (χ0n) is 15.3. The van der Waals surface area contributed by atoms with Crippen LogP contribution in [0.5, 0.6) is 0 Å². The van der Waals surface area contributed by atoms with Gasteiger partial charge in [-0.3, -0.25) is 9.48 Å². The molecule has 1 amide bonds. The Hall–Kier alpha value is -2.37. The Balaban J connectivity index is 1.59. The van der Waals surface area contributed by atoms with E-state index in [1.807, 2.05) is 41.9 Å². The van der Waals surface area contributed by atoms with Gasteiger partial charge in [0.05, 0.1) is 11.7 Å². The van der Waals surface area contributed by atoms with Crippen LogP contribution in [0.25, 0.3) is 0 Å². The van der Waals surface area contributed by atoms with Crippen molar-refractivity contribution in [3.8, 4) is 0 Å². The predicted molar refractivity (Wildman–Crippen MR) is 98.4 cm³/mol. The van der Waals surface area contributed by atoms with E-state index >= 15 is 0 Å². The van der Waals surface area contributed by atoms with Crippen LogP contribution in [-0.2, 0) is 11.3 Å². The van der Waals surface area contributed by atoms with Crippen molar-refractivity contribution in [3.63, 3.8) is 0 Å². The molecule has 3 rings (SSSR count). The summed E-state index contributed by atoms with van der Waals surface area (Å²) in [5, 5.41) is 7.53. The summed E-state index contributed by atoms with van der Waals surface area (Å²) in [6, 6.07) is 6.32. The maximum atomic E-state index is 12.7. The van der Waals surface area contributed by atoms with Gasteiger partial charge in [-0.25, -0.2) is 4.98 Å². The average molecular weight is 341 g/mol. The van der Waals surface area contributed by atoms with Crippen molar-refractivity contribution in [3.05, 3.63) is 41.3 Å². The minimum atomic E-state index is 0.177. The van der Waals surface area contributed by atoms with E-state index in [9.17, 15) is 4.79 Å². The highest BCUT2D eigenvalue weighted by Gasteiger charge is 2.29. The summed E-state index contributed by atoms with van der Waals surface area (Å²) in [6.07, 6.45) is 5.29. The van der Waals surface area contributed by atoms with E-state index in [4.69, 9.17) is 0 Å². The number of likely N-dealkylation sites (tertiary alicyclic amines) is 1. The summed E-state index contributed by atoms with van der Waals surface area (Å²) in [5.74, 6) is 1.09. The van der Waals surface area contributed by atoms with E-state index in [1.165, 1.54) is 5.56 Å². The number of rotatable bonds is 6. The average Bonchev–Trinajstić information content (AvgIpc) is 3.21. The van der Waals surface area contributed by atoms with Gasteiger partial charge in [0.15, 0.2) is 0 Å². The van der Waals surface area contributed by atoms with Crippen molar-refractivity contribution in [2.45, 2.75) is 52.1 Å². The van der Waals surface area contributed by atoms with Gasteiger partial charge in [-0.2, -0.15) is 5.10 Å². The molecule has 2 aromatic heterocycles. The molecule has 0 radical (unpaired) electrons. The van der Waals surface area contributed by atoms with Crippen molar-refractivity contribution in [2.24, 2.45) is 0 Å². The Morgan fingerprint density at radius 3 is 2.92 bits per heavy atom. The first-order chi connectivity index (χ1) is 12.1. The SMILES string of the molecule is CNc1cc([C@H]2CCCN2C(=O)CCCn2nc(C)cc2C)ccn1. The Bertz CT molecular complexity index is 739. The standard InChI is InChI=1S/C19H27N5O/c1-14-12-15(2)24(22-14)11-5-7-19(25)23-10-4-6-17(23)16-8-9-21-18(13-16)20-3/h8-9,12-13,17H,4-7,10-11H2,1-3H3,(H,20,21)/t17-/m1/s1. The minimum absolute atomic E-state index is 0.177. The van der Waals surface area contributed by atoms with Crippen molar-refractivity contribution in [2.75, 3.05) is 18.9 Å². The van der Waals surface area contributed by atoms with Gasteiger partial charge in [0, 0.05) is 38.4 Å². The third-order valence-corrected chi connectivity index (χ3v) is 4.86.